The van der Waals surface area contributed by atoms with E-state index in [0.717, 1.165) is 0 Å². The lowest BCUT2D eigenvalue weighted by Gasteiger charge is -2.35. The minimum atomic E-state index is -4.33. The van der Waals surface area contributed by atoms with Gasteiger partial charge in [0.2, 0.25) is 10.0 Å². The molecule has 0 bridgehead atoms. The highest BCUT2D eigenvalue weighted by molar-refractivity contribution is 7.99. The Kier molecular flexibility index (Phi) is 7.07. The molecule has 31 heavy (non-hydrogen) atoms. The van der Waals surface area contributed by atoms with Gasteiger partial charge in [0, 0.05) is 31.1 Å². The Morgan fingerprint density at radius 3 is 2.23 bits per heavy atom. The zero-order valence-electron chi connectivity index (χ0n) is 16.9. The lowest BCUT2D eigenvalue weighted by molar-refractivity contribution is -0.105. The molecule has 0 radical (unpaired) electrons. The van der Waals surface area contributed by atoms with Crippen LogP contribution in [0.25, 0.3) is 0 Å². The average Bonchev–Trinajstić information content (AvgIpc) is 2.72. The minimum absolute atomic E-state index is 0.132. The van der Waals surface area contributed by atoms with Crippen LogP contribution >= 0.6 is 11.8 Å². The second kappa shape index (κ2) is 9.25. The lowest BCUT2D eigenvalue weighted by Crippen LogP contribution is -2.48. The van der Waals surface area contributed by atoms with Crippen LogP contribution in [-0.4, -0.2) is 57.9 Å². The van der Waals surface area contributed by atoms with Crippen molar-refractivity contribution in [2.45, 2.75) is 22.9 Å². The molecule has 3 rings (SSSR count). The highest BCUT2D eigenvalue weighted by atomic mass is 32.2. The highest BCUT2D eigenvalue weighted by Gasteiger charge is 2.31. The highest BCUT2D eigenvalue weighted by Crippen LogP contribution is 2.34. The van der Waals surface area contributed by atoms with Gasteiger partial charge in [-0.15, -0.1) is 11.8 Å². The lowest BCUT2D eigenvalue weighted by atomic mass is 10.2. The van der Waals surface area contributed by atoms with E-state index < -0.39 is 27.8 Å². The summed E-state index contributed by atoms with van der Waals surface area (Å²) in [5.41, 5.74) is 0.605. The maximum absolute atomic E-state index is 14.5. The van der Waals surface area contributed by atoms with Gasteiger partial charge in [-0.1, -0.05) is 0 Å². The number of halogens is 4. The first kappa shape index (κ1) is 23.7. The minimum Gasteiger partial charge on any atom is -0.497 e. The molecule has 1 saturated heterocycles. The van der Waals surface area contributed by atoms with Crippen LogP contribution < -0.4 is 9.64 Å². The second-order valence-corrected chi connectivity index (χ2v) is 9.99. The molecule has 1 heterocycles. The predicted molar refractivity (Wildman–Crippen MR) is 112 cm³/mol. The quantitative estimate of drug-likeness (QED) is 0.458. The molecule has 2 aromatic carbocycles. The normalized spacial score (nSPS) is 15.9. The van der Waals surface area contributed by atoms with Gasteiger partial charge in [-0.25, -0.2) is 12.8 Å². The Hall–Kier alpha value is -1.98. The molecule has 0 N–H and O–H groups in total. The van der Waals surface area contributed by atoms with E-state index in [9.17, 15) is 26.0 Å². The van der Waals surface area contributed by atoms with Crippen molar-refractivity contribution >= 4 is 27.5 Å². The molecular formula is C20H22F4N2O3S2. The Bertz CT molecular complexity index is 1020. The topological polar surface area (TPSA) is 49.9 Å². The first-order valence-corrected chi connectivity index (χ1v) is 11.8. The van der Waals surface area contributed by atoms with E-state index >= 15 is 0 Å². The summed E-state index contributed by atoms with van der Waals surface area (Å²) in [6.45, 7) is 2.27. The number of hydrogen-bond acceptors (Lipinski definition) is 5. The van der Waals surface area contributed by atoms with Gasteiger partial charge in [0.25, 0.3) is 0 Å². The predicted octanol–water partition coefficient (Wildman–Crippen LogP) is 4.31. The fourth-order valence-electron chi connectivity index (χ4n) is 3.27. The summed E-state index contributed by atoms with van der Waals surface area (Å²) in [5, 5.41) is 0. The van der Waals surface area contributed by atoms with Crippen LogP contribution in [0, 0.1) is 12.7 Å². The number of aryl methyl sites for hydroxylation is 1. The average molecular weight is 479 g/mol. The number of ether oxygens (including phenoxy) is 1. The number of thioether (sulfide) groups is 1. The molecule has 1 aliphatic rings. The third-order valence-electron chi connectivity index (χ3n) is 4.91. The van der Waals surface area contributed by atoms with Gasteiger partial charge >= 0.3 is 6.18 Å². The fourth-order valence-corrected chi connectivity index (χ4v) is 5.49. The van der Waals surface area contributed by atoms with Gasteiger partial charge < -0.3 is 9.64 Å². The van der Waals surface area contributed by atoms with Gasteiger partial charge in [0.05, 0.1) is 23.4 Å². The number of sulfonamides is 1. The molecule has 170 valence electrons. The Morgan fingerprint density at radius 2 is 1.68 bits per heavy atom. The van der Waals surface area contributed by atoms with Crippen LogP contribution in [0.15, 0.2) is 46.2 Å². The summed E-state index contributed by atoms with van der Waals surface area (Å²) in [6, 6.07) is 8.67. The maximum Gasteiger partial charge on any atom is 0.398 e. The largest absolute Gasteiger partial charge is 0.497 e. The molecule has 11 heteroatoms. The van der Waals surface area contributed by atoms with Gasteiger partial charge in [-0.2, -0.15) is 17.5 Å². The van der Waals surface area contributed by atoms with Crippen molar-refractivity contribution in [1.82, 2.24) is 4.31 Å². The van der Waals surface area contributed by atoms with Gasteiger partial charge in [0.15, 0.2) is 0 Å². The van der Waals surface area contributed by atoms with E-state index in [0.29, 0.717) is 28.0 Å². The van der Waals surface area contributed by atoms with Gasteiger partial charge in [0.1, 0.15) is 11.6 Å². The van der Waals surface area contributed by atoms with Crippen molar-refractivity contribution in [3.05, 3.63) is 47.8 Å². The van der Waals surface area contributed by atoms with Gasteiger partial charge in [-0.3, -0.25) is 0 Å². The van der Waals surface area contributed by atoms with Crippen LogP contribution in [0.5, 0.6) is 5.75 Å². The fraction of sp³-hybridized carbons (Fsp3) is 0.400. The SMILES string of the molecule is COc1ccc(S(=O)(=O)N2CCN(c3cc(SCC(F)(F)F)c(C)cc3F)CC2)cc1. The Morgan fingerprint density at radius 1 is 1.06 bits per heavy atom. The number of alkyl halides is 3. The van der Waals surface area contributed by atoms with Crippen molar-refractivity contribution in [2.24, 2.45) is 0 Å². The molecule has 0 aromatic heterocycles. The molecule has 0 amide bonds. The number of hydrogen-bond donors (Lipinski definition) is 0. The first-order valence-electron chi connectivity index (χ1n) is 9.40. The summed E-state index contributed by atoms with van der Waals surface area (Å²) in [4.78, 5) is 2.14. The number of rotatable bonds is 6. The molecule has 0 spiro atoms. The van der Waals surface area contributed by atoms with Crippen LogP contribution in [0.3, 0.4) is 0 Å². The number of piperazine rings is 1. The van der Waals surface area contributed by atoms with E-state index in [1.165, 1.54) is 35.7 Å². The van der Waals surface area contributed by atoms with Crippen molar-refractivity contribution in [1.29, 1.82) is 0 Å². The van der Waals surface area contributed by atoms with Crippen LogP contribution in [0.1, 0.15) is 5.56 Å². The molecule has 0 aliphatic carbocycles. The van der Waals surface area contributed by atoms with Crippen LogP contribution in [0.4, 0.5) is 23.2 Å². The monoisotopic (exact) mass is 478 g/mol. The summed E-state index contributed by atoms with van der Waals surface area (Å²) in [7, 11) is -2.23. The third kappa shape index (κ3) is 5.64. The van der Waals surface area contributed by atoms with Crippen LogP contribution in [0.2, 0.25) is 0 Å². The Labute approximate surface area is 183 Å². The van der Waals surface area contributed by atoms with Crippen molar-refractivity contribution in [3.63, 3.8) is 0 Å². The third-order valence-corrected chi connectivity index (χ3v) is 8.05. The van der Waals surface area contributed by atoms with E-state index in [1.807, 2.05) is 0 Å². The molecule has 0 saturated carbocycles. The van der Waals surface area contributed by atoms with Gasteiger partial charge in [-0.05, 0) is 48.9 Å². The Balaban J connectivity index is 1.72. The smallest absolute Gasteiger partial charge is 0.398 e. The van der Waals surface area contributed by atoms with E-state index in [2.05, 4.69) is 0 Å². The standard InChI is InChI=1S/C20H22F4N2O3S2/c1-14-11-17(21)18(12-19(14)30-13-20(22,23)24)25-7-9-26(10-8-25)31(27,28)16-5-3-15(29-2)4-6-16/h3-6,11-12H,7-10,13H2,1-2H3. The second-order valence-electron chi connectivity index (χ2n) is 7.04. The molecule has 1 aliphatic heterocycles. The number of benzene rings is 2. The molecule has 1 fully saturated rings. The number of nitrogens with zero attached hydrogens (tertiary/aromatic N) is 2. The molecule has 0 unspecified atom stereocenters. The summed E-state index contributed by atoms with van der Waals surface area (Å²) in [5.74, 6) is -1.06. The van der Waals surface area contributed by atoms with E-state index in [1.54, 1.807) is 24.0 Å². The number of methoxy groups -OCH3 is 1. The van der Waals surface area contributed by atoms with Crippen LogP contribution in [-0.2, 0) is 10.0 Å². The van der Waals surface area contributed by atoms with Crippen molar-refractivity contribution < 1.29 is 30.7 Å². The molecule has 2 aromatic rings. The van der Waals surface area contributed by atoms with E-state index in [-0.39, 0.29) is 36.8 Å². The molecule has 5 nitrogen and oxygen atoms in total. The summed E-state index contributed by atoms with van der Waals surface area (Å²) < 4.78 is 84.3. The van der Waals surface area contributed by atoms with Crippen molar-refractivity contribution in [2.75, 3.05) is 43.9 Å². The maximum atomic E-state index is 14.5. The number of anilines is 1. The van der Waals surface area contributed by atoms with Crippen molar-refractivity contribution in [3.8, 4) is 5.75 Å². The molecular weight excluding hydrogens is 456 g/mol. The zero-order valence-corrected chi connectivity index (χ0v) is 18.6. The zero-order chi connectivity index (χ0) is 22.8. The summed E-state index contributed by atoms with van der Waals surface area (Å²) in [6.07, 6.45) is -4.33. The summed E-state index contributed by atoms with van der Waals surface area (Å²) >= 11 is 0.611. The first-order chi connectivity index (χ1) is 14.5. The van der Waals surface area contributed by atoms with E-state index in [4.69, 9.17) is 4.74 Å². The molecule has 0 atom stereocenters.